The Morgan fingerprint density at radius 1 is 1.79 bits per heavy atom. The molecule has 3 nitrogen and oxygen atoms in total. The van der Waals surface area contributed by atoms with Crippen LogP contribution in [0, 0.1) is 0 Å². The third-order valence-corrected chi connectivity index (χ3v) is 2.21. The van der Waals surface area contributed by atoms with Gasteiger partial charge >= 0.3 is 0 Å². The molecule has 0 aliphatic carbocycles. The average Bonchev–Trinajstić information content (AvgIpc) is 2.62. The highest BCUT2D eigenvalue weighted by Crippen LogP contribution is 2.11. The summed E-state index contributed by atoms with van der Waals surface area (Å²) >= 11 is 5.66. The van der Waals surface area contributed by atoms with Crippen LogP contribution in [0.3, 0.4) is 0 Å². The van der Waals surface area contributed by atoms with Crippen molar-refractivity contribution in [2.24, 2.45) is 0 Å². The first-order valence-corrected chi connectivity index (χ1v) is 5.10. The predicted octanol–water partition coefficient (Wildman–Crippen LogP) is 2.31. The molecule has 4 heteroatoms. The average molecular weight is 214 g/mol. The minimum absolute atomic E-state index is 0.255. The van der Waals surface area contributed by atoms with Crippen molar-refractivity contribution < 1.29 is 0 Å². The van der Waals surface area contributed by atoms with Crippen LogP contribution >= 0.6 is 11.6 Å². The van der Waals surface area contributed by atoms with E-state index >= 15 is 0 Å². The van der Waals surface area contributed by atoms with Gasteiger partial charge in [0.05, 0.1) is 6.20 Å². The summed E-state index contributed by atoms with van der Waals surface area (Å²) in [6, 6.07) is 0.255. The summed E-state index contributed by atoms with van der Waals surface area (Å²) in [6.07, 6.45) is 3.91. The summed E-state index contributed by atoms with van der Waals surface area (Å²) in [6.45, 7) is 9.29. The first kappa shape index (κ1) is 11.3. The number of hydrogen-bond donors (Lipinski definition) is 1. The maximum Gasteiger partial charge on any atom is 0.0537 e. The zero-order valence-electron chi connectivity index (χ0n) is 8.63. The van der Waals surface area contributed by atoms with Crippen LogP contribution in [0.2, 0.25) is 0 Å². The lowest BCUT2D eigenvalue weighted by Gasteiger charge is -2.10. The van der Waals surface area contributed by atoms with E-state index in [-0.39, 0.29) is 6.04 Å². The molecule has 0 aliphatic heterocycles. The molecule has 0 spiro atoms. The Kier molecular flexibility index (Phi) is 4.17. The smallest absolute Gasteiger partial charge is 0.0537 e. The molecule has 14 heavy (non-hydrogen) atoms. The molecule has 0 fully saturated rings. The first-order chi connectivity index (χ1) is 6.63. The summed E-state index contributed by atoms with van der Waals surface area (Å²) in [5, 5.41) is 8.08. The molecular formula is C10H16ClN3. The molecule has 78 valence electrons. The van der Waals surface area contributed by atoms with E-state index in [1.54, 1.807) is 0 Å². The molecule has 0 bridgehead atoms. The number of hydrogen-bond acceptors (Lipinski definition) is 2. The maximum absolute atomic E-state index is 5.66. The lowest BCUT2D eigenvalue weighted by Crippen LogP contribution is -2.19. The lowest BCUT2D eigenvalue weighted by atomic mass is 10.2. The molecule has 0 aliphatic rings. The topological polar surface area (TPSA) is 29.9 Å². The van der Waals surface area contributed by atoms with E-state index in [2.05, 4.69) is 30.8 Å². The summed E-state index contributed by atoms with van der Waals surface area (Å²) in [5.74, 6) is 0. The molecule has 1 N–H and O–H groups in total. The van der Waals surface area contributed by atoms with Crippen LogP contribution in [0.5, 0.6) is 0 Å². The maximum atomic E-state index is 5.66. The highest BCUT2D eigenvalue weighted by atomic mass is 35.5. The van der Waals surface area contributed by atoms with E-state index in [4.69, 9.17) is 11.6 Å². The second-order valence-electron chi connectivity index (χ2n) is 3.25. The number of aryl methyl sites for hydroxylation is 1. The van der Waals surface area contributed by atoms with Crippen LogP contribution in [0.1, 0.15) is 25.5 Å². The standard InChI is InChI=1S/C10H16ClN3/c1-4-14-7-10(6-13-14)9(3)12-5-8(2)11/h6-7,9,12H,2,4-5H2,1,3H3. The molecule has 1 aromatic rings. The van der Waals surface area contributed by atoms with E-state index in [9.17, 15) is 0 Å². The minimum atomic E-state index is 0.255. The third kappa shape index (κ3) is 3.16. The number of aromatic nitrogens is 2. The Hall–Kier alpha value is -0.800. The van der Waals surface area contributed by atoms with Gasteiger partial charge in [-0.1, -0.05) is 18.2 Å². The van der Waals surface area contributed by atoms with Crippen LogP contribution < -0.4 is 5.32 Å². The van der Waals surface area contributed by atoms with Crippen molar-refractivity contribution in [1.82, 2.24) is 15.1 Å². The zero-order chi connectivity index (χ0) is 10.6. The summed E-state index contributed by atoms with van der Waals surface area (Å²) in [5.41, 5.74) is 1.17. The SMILES string of the molecule is C=C(Cl)CNC(C)c1cnn(CC)c1. The highest BCUT2D eigenvalue weighted by molar-refractivity contribution is 6.29. The van der Waals surface area contributed by atoms with Gasteiger partial charge in [0.1, 0.15) is 0 Å². The first-order valence-electron chi connectivity index (χ1n) is 4.72. The summed E-state index contributed by atoms with van der Waals surface area (Å²) in [7, 11) is 0. The van der Waals surface area contributed by atoms with Crippen molar-refractivity contribution in [2.45, 2.75) is 26.4 Å². The van der Waals surface area contributed by atoms with Gasteiger partial charge in [0.15, 0.2) is 0 Å². The van der Waals surface area contributed by atoms with Crippen molar-refractivity contribution >= 4 is 11.6 Å². The number of nitrogens with zero attached hydrogens (tertiary/aromatic N) is 2. The van der Waals surface area contributed by atoms with Gasteiger partial charge in [0, 0.05) is 35.9 Å². The van der Waals surface area contributed by atoms with Crippen molar-refractivity contribution in [2.75, 3.05) is 6.54 Å². The number of nitrogens with one attached hydrogen (secondary N) is 1. The molecule has 0 saturated heterocycles. The molecule has 0 aromatic carbocycles. The van der Waals surface area contributed by atoms with E-state index in [1.807, 2.05) is 17.1 Å². The normalized spacial score (nSPS) is 12.8. The lowest BCUT2D eigenvalue weighted by molar-refractivity contribution is 0.610. The van der Waals surface area contributed by atoms with Crippen molar-refractivity contribution in [3.05, 3.63) is 29.6 Å². The second kappa shape index (κ2) is 5.17. The monoisotopic (exact) mass is 213 g/mol. The Bertz CT molecular complexity index is 306. The quantitative estimate of drug-likeness (QED) is 0.814. The second-order valence-corrected chi connectivity index (χ2v) is 3.78. The van der Waals surface area contributed by atoms with E-state index in [0.717, 1.165) is 6.54 Å². The molecule has 1 unspecified atom stereocenters. The van der Waals surface area contributed by atoms with Crippen molar-refractivity contribution in [3.8, 4) is 0 Å². The van der Waals surface area contributed by atoms with E-state index in [1.165, 1.54) is 5.56 Å². The Morgan fingerprint density at radius 3 is 3.00 bits per heavy atom. The van der Waals surface area contributed by atoms with Crippen LogP contribution in [-0.2, 0) is 6.54 Å². The predicted molar refractivity (Wildman–Crippen MR) is 59.3 cm³/mol. The van der Waals surface area contributed by atoms with Crippen LogP contribution in [0.25, 0.3) is 0 Å². The fourth-order valence-corrected chi connectivity index (χ4v) is 1.23. The molecule has 1 heterocycles. The molecule has 0 radical (unpaired) electrons. The Balaban J connectivity index is 2.51. The molecule has 1 aromatic heterocycles. The van der Waals surface area contributed by atoms with Crippen LogP contribution in [0.4, 0.5) is 0 Å². The van der Waals surface area contributed by atoms with E-state index < -0.39 is 0 Å². The molecule has 1 rings (SSSR count). The highest BCUT2D eigenvalue weighted by Gasteiger charge is 2.06. The van der Waals surface area contributed by atoms with Gasteiger partial charge in [0.25, 0.3) is 0 Å². The third-order valence-electron chi connectivity index (χ3n) is 2.08. The van der Waals surface area contributed by atoms with Gasteiger partial charge in [-0.15, -0.1) is 0 Å². The van der Waals surface area contributed by atoms with Gasteiger partial charge in [-0.05, 0) is 13.8 Å². The van der Waals surface area contributed by atoms with Gasteiger partial charge in [-0.2, -0.15) is 5.10 Å². The summed E-state index contributed by atoms with van der Waals surface area (Å²) in [4.78, 5) is 0. The Morgan fingerprint density at radius 2 is 2.50 bits per heavy atom. The van der Waals surface area contributed by atoms with Crippen molar-refractivity contribution in [3.63, 3.8) is 0 Å². The summed E-state index contributed by atoms with van der Waals surface area (Å²) < 4.78 is 1.91. The van der Waals surface area contributed by atoms with Gasteiger partial charge < -0.3 is 5.32 Å². The van der Waals surface area contributed by atoms with Gasteiger partial charge in [0.2, 0.25) is 0 Å². The van der Waals surface area contributed by atoms with Crippen LogP contribution in [0.15, 0.2) is 24.0 Å². The Labute approximate surface area is 89.8 Å². The van der Waals surface area contributed by atoms with Gasteiger partial charge in [-0.3, -0.25) is 4.68 Å². The van der Waals surface area contributed by atoms with Crippen molar-refractivity contribution in [1.29, 1.82) is 0 Å². The number of halogens is 1. The number of rotatable bonds is 5. The fourth-order valence-electron chi connectivity index (χ4n) is 1.16. The fraction of sp³-hybridized carbons (Fsp3) is 0.500. The van der Waals surface area contributed by atoms with Crippen LogP contribution in [-0.4, -0.2) is 16.3 Å². The van der Waals surface area contributed by atoms with Gasteiger partial charge in [-0.25, -0.2) is 0 Å². The molecule has 1 atom stereocenters. The minimum Gasteiger partial charge on any atom is -0.305 e. The van der Waals surface area contributed by atoms with E-state index in [0.29, 0.717) is 11.6 Å². The largest absolute Gasteiger partial charge is 0.305 e. The zero-order valence-corrected chi connectivity index (χ0v) is 9.38. The molecular weight excluding hydrogens is 198 g/mol. The molecule has 0 amide bonds. The molecule has 0 saturated carbocycles.